The number of halogens is 4. The van der Waals surface area contributed by atoms with E-state index in [1.165, 1.54) is 6.07 Å². The molecule has 4 aromatic rings. The van der Waals surface area contributed by atoms with Crippen LogP contribution in [0.3, 0.4) is 0 Å². The fourth-order valence-electron chi connectivity index (χ4n) is 3.93. The van der Waals surface area contributed by atoms with Crippen molar-refractivity contribution in [3.05, 3.63) is 76.2 Å². The maximum absolute atomic E-state index is 14.1. The van der Waals surface area contributed by atoms with Gasteiger partial charge in [0.05, 0.1) is 29.8 Å². The van der Waals surface area contributed by atoms with Gasteiger partial charge in [0.2, 0.25) is 0 Å². The van der Waals surface area contributed by atoms with E-state index >= 15 is 0 Å². The van der Waals surface area contributed by atoms with Crippen LogP contribution in [0, 0.1) is 19.7 Å². The molecule has 7 nitrogen and oxygen atoms in total. The molecule has 0 unspecified atom stereocenters. The van der Waals surface area contributed by atoms with Crippen LogP contribution in [0.25, 0.3) is 5.65 Å². The topological polar surface area (TPSA) is 77.1 Å². The van der Waals surface area contributed by atoms with E-state index in [9.17, 15) is 22.4 Å². The normalized spacial score (nSPS) is 14.1. The summed E-state index contributed by atoms with van der Waals surface area (Å²) in [5.74, 6) is -1.07. The maximum Gasteiger partial charge on any atom is 0.433 e. The van der Waals surface area contributed by atoms with Crippen LogP contribution in [-0.2, 0) is 12.7 Å². The number of anilines is 1. The first-order valence-corrected chi connectivity index (χ1v) is 10.7. The van der Waals surface area contributed by atoms with E-state index in [1.807, 2.05) is 0 Å². The zero-order valence-corrected chi connectivity index (χ0v) is 18.3. The molecule has 1 amide bonds. The smallest absolute Gasteiger partial charge is 0.319 e. The van der Waals surface area contributed by atoms with Gasteiger partial charge in [-0.25, -0.2) is 13.9 Å². The molecule has 1 aromatic carbocycles. The third-order valence-electron chi connectivity index (χ3n) is 5.92. The van der Waals surface area contributed by atoms with Crippen LogP contribution >= 0.6 is 0 Å². The van der Waals surface area contributed by atoms with Crippen molar-refractivity contribution in [1.82, 2.24) is 24.4 Å². The minimum atomic E-state index is -4.65. The second-order valence-electron chi connectivity index (χ2n) is 8.38. The second kappa shape index (κ2) is 7.93. The Bertz CT molecular complexity index is 1420. The summed E-state index contributed by atoms with van der Waals surface area (Å²) < 4.78 is 57.2. The molecule has 1 saturated carbocycles. The minimum absolute atomic E-state index is 0.0435. The Morgan fingerprint density at radius 1 is 1.21 bits per heavy atom. The van der Waals surface area contributed by atoms with Gasteiger partial charge in [-0.3, -0.25) is 9.48 Å². The third kappa shape index (κ3) is 3.91. The van der Waals surface area contributed by atoms with Gasteiger partial charge < -0.3 is 5.32 Å². The summed E-state index contributed by atoms with van der Waals surface area (Å²) >= 11 is 0. The number of aromatic nitrogens is 5. The van der Waals surface area contributed by atoms with Crippen LogP contribution in [0.4, 0.5) is 23.2 Å². The monoisotopic (exact) mass is 472 g/mol. The lowest BCUT2D eigenvalue weighted by molar-refractivity contribution is -0.142. The molecule has 1 aliphatic carbocycles. The minimum Gasteiger partial charge on any atom is -0.319 e. The van der Waals surface area contributed by atoms with Gasteiger partial charge in [0.1, 0.15) is 17.1 Å². The summed E-state index contributed by atoms with van der Waals surface area (Å²) in [4.78, 5) is 17.4. The molecule has 0 aliphatic heterocycles. The van der Waals surface area contributed by atoms with E-state index in [1.54, 1.807) is 36.7 Å². The summed E-state index contributed by atoms with van der Waals surface area (Å²) in [6, 6.07) is 7.31. The van der Waals surface area contributed by atoms with Crippen LogP contribution in [0.2, 0.25) is 0 Å². The first-order valence-electron chi connectivity index (χ1n) is 10.7. The number of carbonyl (C=O) groups is 1. The number of hydrogen-bond donors (Lipinski definition) is 1. The number of fused-ring (bicyclic) bond motifs is 1. The van der Waals surface area contributed by atoms with Gasteiger partial charge in [-0.05, 0) is 38.8 Å². The van der Waals surface area contributed by atoms with E-state index in [0.29, 0.717) is 32.8 Å². The van der Waals surface area contributed by atoms with E-state index in [-0.39, 0.29) is 29.5 Å². The Morgan fingerprint density at radius 3 is 2.62 bits per heavy atom. The lowest BCUT2D eigenvalue weighted by Gasteiger charge is -2.11. The molecule has 0 spiro atoms. The number of benzene rings is 1. The van der Waals surface area contributed by atoms with Crippen LogP contribution in [0.5, 0.6) is 0 Å². The predicted octanol–water partition coefficient (Wildman–Crippen LogP) is 4.88. The number of nitrogens with one attached hydrogen (secondary N) is 1. The molecule has 11 heteroatoms. The second-order valence-corrected chi connectivity index (χ2v) is 8.38. The number of amides is 1. The summed E-state index contributed by atoms with van der Waals surface area (Å²) in [6.07, 6.45) is -2.05. The molecule has 1 fully saturated rings. The zero-order valence-electron chi connectivity index (χ0n) is 18.3. The molecular weight excluding hydrogens is 452 g/mol. The number of hydrogen-bond acceptors (Lipinski definition) is 4. The van der Waals surface area contributed by atoms with Gasteiger partial charge in [-0.2, -0.15) is 23.4 Å². The van der Waals surface area contributed by atoms with Crippen molar-refractivity contribution < 1.29 is 22.4 Å². The van der Waals surface area contributed by atoms with E-state index < -0.39 is 17.8 Å². The summed E-state index contributed by atoms with van der Waals surface area (Å²) in [6.45, 7) is 3.56. The highest BCUT2D eigenvalue weighted by Crippen LogP contribution is 2.41. The summed E-state index contributed by atoms with van der Waals surface area (Å²) in [5.41, 5.74) is 1.01. The van der Waals surface area contributed by atoms with Gasteiger partial charge in [0.15, 0.2) is 5.65 Å². The third-order valence-corrected chi connectivity index (χ3v) is 5.92. The SMILES string of the molecule is Cc1nn(Cc2ccccc2F)c(C)c1NC(=O)c1cnn2c(C(F)(F)F)cc(C3CC3)nc12. The molecule has 3 heterocycles. The van der Waals surface area contributed by atoms with Gasteiger partial charge in [0.25, 0.3) is 5.91 Å². The first kappa shape index (κ1) is 22.1. The van der Waals surface area contributed by atoms with Crippen molar-refractivity contribution in [2.75, 3.05) is 5.32 Å². The van der Waals surface area contributed by atoms with Crippen molar-refractivity contribution in [1.29, 1.82) is 0 Å². The van der Waals surface area contributed by atoms with Crippen molar-refractivity contribution >= 4 is 17.2 Å². The van der Waals surface area contributed by atoms with Gasteiger partial charge in [-0.1, -0.05) is 18.2 Å². The highest BCUT2D eigenvalue weighted by molar-refractivity contribution is 6.08. The van der Waals surface area contributed by atoms with Crippen molar-refractivity contribution in [3.63, 3.8) is 0 Å². The molecule has 1 aliphatic rings. The van der Waals surface area contributed by atoms with Crippen molar-refractivity contribution in [3.8, 4) is 0 Å². The number of aryl methyl sites for hydroxylation is 1. The predicted molar refractivity (Wildman–Crippen MR) is 115 cm³/mol. The molecule has 3 aromatic heterocycles. The van der Waals surface area contributed by atoms with Crippen molar-refractivity contribution in [2.45, 2.75) is 45.3 Å². The molecule has 5 rings (SSSR count). The molecule has 0 bridgehead atoms. The highest BCUT2D eigenvalue weighted by Gasteiger charge is 2.38. The fraction of sp³-hybridized carbons (Fsp3) is 0.304. The molecule has 1 N–H and O–H groups in total. The average molecular weight is 472 g/mol. The van der Waals surface area contributed by atoms with Crippen LogP contribution in [0.1, 0.15) is 57.5 Å². The highest BCUT2D eigenvalue weighted by atomic mass is 19.4. The van der Waals surface area contributed by atoms with E-state index in [4.69, 9.17) is 0 Å². The van der Waals surface area contributed by atoms with Gasteiger partial charge in [0, 0.05) is 17.2 Å². The number of rotatable bonds is 5. The van der Waals surface area contributed by atoms with Crippen LogP contribution in [-0.4, -0.2) is 30.3 Å². The number of nitrogens with zero attached hydrogens (tertiary/aromatic N) is 5. The van der Waals surface area contributed by atoms with E-state index in [2.05, 4.69) is 20.5 Å². The zero-order chi connectivity index (χ0) is 24.2. The Balaban J connectivity index is 1.48. The molecular formula is C23H20F4N6O. The number of carbonyl (C=O) groups excluding carboxylic acids is 1. The van der Waals surface area contributed by atoms with E-state index in [0.717, 1.165) is 25.1 Å². The van der Waals surface area contributed by atoms with Crippen molar-refractivity contribution in [2.24, 2.45) is 0 Å². The Labute approximate surface area is 191 Å². The Morgan fingerprint density at radius 2 is 1.94 bits per heavy atom. The fourth-order valence-corrected chi connectivity index (χ4v) is 3.93. The van der Waals surface area contributed by atoms with Crippen LogP contribution in [0.15, 0.2) is 36.5 Å². The summed E-state index contributed by atoms with van der Waals surface area (Å²) in [5, 5.41) is 10.9. The Hall–Kier alpha value is -3.76. The average Bonchev–Trinajstić information content (AvgIpc) is 3.49. The Kier molecular flexibility index (Phi) is 5.14. The molecule has 0 saturated heterocycles. The lowest BCUT2D eigenvalue weighted by atomic mass is 10.2. The van der Waals surface area contributed by atoms with Crippen LogP contribution < -0.4 is 5.32 Å². The number of alkyl halides is 3. The molecule has 176 valence electrons. The largest absolute Gasteiger partial charge is 0.433 e. The maximum atomic E-state index is 14.1. The standard InChI is InChI=1S/C23H20F4N6O/c1-12-20(13(2)32(31-12)11-15-5-3-4-6-17(15)24)30-22(34)16-10-28-33-19(23(25,26)27)9-18(14-7-8-14)29-21(16)33/h3-6,9-10,14H,7-8,11H2,1-2H3,(H,30,34). The van der Waals surface area contributed by atoms with Gasteiger partial charge in [-0.15, -0.1) is 0 Å². The van der Waals surface area contributed by atoms with Gasteiger partial charge >= 0.3 is 6.18 Å². The quantitative estimate of drug-likeness (QED) is 0.420. The molecule has 0 atom stereocenters. The summed E-state index contributed by atoms with van der Waals surface area (Å²) in [7, 11) is 0. The molecule has 0 radical (unpaired) electrons. The first-order chi connectivity index (χ1) is 16.1. The lowest BCUT2D eigenvalue weighted by Crippen LogP contribution is -2.16. The molecule has 34 heavy (non-hydrogen) atoms.